The summed E-state index contributed by atoms with van der Waals surface area (Å²) in [7, 11) is 1.38. The molecule has 0 amide bonds. The molecule has 0 atom stereocenters. The van der Waals surface area contributed by atoms with Crippen molar-refractivity contribution in [2.24, 2.45) is 0 Å². The highest BCUT2D eigenvalue weighted by molar-refractivity contribution is 5.83. The first-order valence-electron chi connectivity index (χ1n) is 4.76. The number of hydrogen-bond donors (Lipinski definition) is 0. The van der Waals surface area contributed by atoms with Crippen LogP contribution < -0.4 is 0 Å². The highest BCUT2D eigenvalue weighted by Crippen LogP contribution is 2.41. The van der Waals surface area contributed by atoms with Crippen molar-refractivity contribution in [1.29, 1.82) is 0 Å². The van der Waals surface area contributed by atoms with Crippen molar-refractivity contribution >= 4 is 5.97 Å². The van der Waals surface area contributed by atoms with Gasteiger partial charge in [-0.1, -0.05) is 0 Å². The van der Waals surface area contributed by atoms with E-state index in [0.717, 1.165) is 12.0 Å². The summed E-state index contributed by atoms with van der Waals surface area (Å²) >= 11 is 0. The summed E-state index contributed by atoms with van der Waals surface area (Å²) in [5.74, 6) is -0.311. The van der Waals surface area contributed by atoms with E-state index in [2.05, 4.69) is 4.74 Å². The summed E-state index contributed by atoms with van der Waals surface area (Å²) in [6.45, 7) is 7.98. The van der Waals surface area contributed by atoms with Gasteiger partial charge in [0.05, 0.1) is 18.3 Å². The minimum absolute atomic E-state index is 0.191. The largest absolute Gasteiger partial charge is 0.466 e. The summed E-state index contributed by atoms with van der Waals surface area (Å²) in [6.07, 6.45) is 2.31. The van der Waals surface area contributed by atoms with Crippen molar-refractivity contribution in [3.05, 3.63) is 11.6 Å². The van der Waals surface area contributed by atoms with Crippen LogP contribution in [-0.4, -0.2) is 24.3 Å². The third-order valence-electron chi connectivity index (χ3n) is 2.41. The maximum absolute atomic E-state index is 11.1. The van der Waals surface area contributed by atoms with Crippen LogP contribution in [0, 0.1) is 0 Å². The van der Waals surface area contributed by atoms with Gasteiger partial charge < -0.3 is 9.47 Å². The number of methoxy groups -OCH3 is 1. The first-order valence-corrected chi connectivity index (χ1v) is 4.76. The summed E-state index contributed by atoms with van der Waals surface area (Å²) in [5.41, 5.74) is 0.440. The van der Waals surface area contributed by atoms with E-state index in [1.54, 1.807) is 0 Å². The van der Waals surface area contributed by atoms with Crippen LogP contribution in [0.2, 0.25) is 0 Å². The number of carbonyl (C=O) groups excluding carboxylic acids is 1. The van der Waals surface area contributed by atoms with E-state index in [1.807, 2.05) is 27.7 Å². The van der Waals surface area contributed by atoms with Gasteiger partial charge in [0.25, 0.3) is 0 Å². The van der Waals surface area contributed by atoms with Gasteiger partial charge in [-0.15, -0.1) is 0 Å². The van der Waals surface area contributed by atoms with E-state index in [-0.39, 0.29) is 17.2 Å². The molecule has 0 aromatic heterocycles. The van der Waals surface area contributed by atoms with Gasteiger partial charge in [0.1, 0.15) is 0 Å². The third kappa shape index (κ3) is 2.35. The van der Waals surface area contributed by atoms with Crippen LogP contribution in [0.15, 0.2) is 11.6 Å². The molecule has 80 valence electrons. The SMILES string of the molecule is COC(=O)/C=C1/CC(C)(C)OC1(C)C. The second-order valence-electron chi connectivity index (χ2n) is 4.74. The molecule has 0 aromatic rings. The van der Waals surface area contributed by atoms with Crippen molar-refractivity contribution in [1.82, 2.24) is 0 Å². The van der Waals surface area contributed by atoms with Gasteiger partial charge in [-0.05, 0) is 33.3 Å². The zero-order valence-corrected chi connectivity index (χ0v) is 9.51. The fourth-order valence-corrected chi connectivity index (χ4v) is 1.89. The minimum atomic E-state index is -0.363. The van der Waals surface area contributed by atoms with Crippen LogP contribution in [0.3, 0.4) is 0 Å². The Labute approximate surface area is 85.1 Å². The average Bonchev–Trinajstić information content (AvgIpc) is 2.19. The zero-order chi connectivity index (χ0) is 11.0. The van der Waals surface area contributed by atoms with Gasteiger partial charge in [-0.3, -0.25) is 0 Å². The molecule has 0 spiro atoms. The Morgan fingerprint density at radius 3 is 2.36 bits per heavy atom. The van der Waals surface area contributed by atoms with Gasteiger partial charge in [-0.2, -0.15) is 0 Å². The van der Waals surface area contributed by atoms with Crippen molar-refractivity contribution < 1.29 is 14.3 Å². The summed E-state index contributed by atoms with van der Waals surface area (Å²) in [4.78, 5) is 11.1. The fraction of sp³-hybridized carbons (Fsp3) is 0.727. The molecule has 1 aliphatic heterocycles. The highest BCUT2D eigenvalue weighted by Gasteiger charge is 2.41. The van der Waals surface area contributed by atoms with Crippen LogP contribution in [0.4, 0.5) is 0 Å². The number of carbonyl (C=O) groups is 1. The predicted octanol–water partition coefficient (Wildman–Crippen LogP) is 2.06. The molecule has 1 heterocycles. The van der Waals surface area contributed by atoms with E-state index >= 15 is 0 Å². The summed E-state index contributed by atoms with van der Waals surface area (Å²) < 4.78 is 10.4. The average molecular weight is 198 g/mol. The molecule has 3 nitrogen and oxygen atoms in total. The van der Waals surface area contributed by atoms with Gasteiger partial charge >= 0.3 is 5.97 Å². The first-order chi connectivity index (χ1) is 6.27. The lowest BCUT2D eigenvalue weighted by molar-refractivity contribution is -0.135. The molecule has 0 N–H and O–H groups in total. The van der Waals surface area contributed by atoms with E-state index in [4.69, 9.17) is 4.74 Å². The quantitative estimate of drug-likeness (QED) is 0.478. The number of esters is 1. The maximum Gasteiger partial charge on any atom is 0.330 e. The fourth-order valence-electron chi connectivity index (χ4n) is 1.89. The van der Waals surface area contributed by atoms with Crippen LogP contribution in [0.5, 0.6) is 0 Å². The lowest BCUT2D eigenvalue weighted by atomic mass is 9.93. The van der Waals surface area contributed by atoms with E-state index in [1.165, 1.54) is 13.2 Å². The number of rotatable bonds is 1. The molecule has 0 radical (unpaired) electrons. The van der Waals surface area contributed by atoms with Crippen LogP contribution >= 0.6 is 0 Å². The molecular formula is C11H18O3. The topological polar surface area (TPSA) is 35.5 Å². The third-order valence-corrected chi connectivity index (χ3v) is 2.41. The molecule has 0 bridgehead atoms. The Morgan fingerprint density at radius 1 is 1.43 bits per heavy atom. The normalized spacial score (nSPS) is 26.5. The van der Waals surface area contributed by atoms with Crippen LogP contribution in [0.1, 0.15) is 34.1 Å². The second kappa shape index (κ2) is 3.39. The van der Waals surface area contributed by atoms with Crippen molar-refractivity contribution in [2.75, 3.05) is 7.11 Å². The number of hydrogen-bond acceptors (Lipinski definition) is 3. The molecule has 3 heteroatoms. The Balaban J connectivity index is 2.90. The monoisotopic (exact) mass is 198 g/mol. The summed E-state index contributed by atoms with van der Waals surface area (Å²) in [5, 5.41) is 0. The van der Waals surface area contributed by atoms with E-state index in [9.17, 15) is 4.79 Å². The Kier molecular flexibility index (Phi) is 2.72. The molecule has 0 saturated carbocycles. The molecule has 14 heavy (non-hydrogen) atoms. The molecule has 1 aliphatic rings. The number of ether oxygens (including phenoxy) is 2. The van der Waals surface area contributed by atoms with E-state index < -0.39 is 0 Å². The molecule has 1 saturated heterocycles. The van der Waals surface area contributed by atoms with Crippen LogP contribution in [0.25, 0.3) is 0 Å². The lowest BCUT2D eigenvalue weighted by Gasteiger charge is -2.23. The lowest BCUT2D eigenvalue weighted by Crippen LogP contribution is -2.26. The molecular weight excluding hydrogens is 180 g/mol. The Bertz CT molecular complexity index is 274. The van der Waals surface area contributed by atoms with Crippen molar-refractivity contribution in [3.63, 3.8) is 0 Å². The Morgan fingerprint density at radius 2 is 2.00 bits per heavy atom. The van der Waals surface area contributed by atoms with E-state index in [0.29, 0.717) is 0 Å². The van der Waals surface area contributed by atoms with Gasteiger partial charge in [0.2, 0.25) is 0 Å². The molecule has 1 fully saturated rings. The zero-order valence-electron chi connectivity index (χ0n) is 9.51. The van der Waals surface area contributed by atoms with Crippen molar-refractivity contribution in [2.45, 2.75) is 45.3 Å². The van der Waals surface area contributed by atoms with Crippen molar-refractivity contribution in [3.8, 4) is 0 Å². The van der Waals surface area contributed by atoms with Gasteiger partial charge in [0, 0.05) is 12.5 Å². The minimum Gasteiger partial charge on any atom is -0.466 e. The molecule has 0 unspecified atom stereocenters. The second-order valence-corrected chi connectivity index (χ2v) is 4.74. The maximum atomic E-state index is 11.1. The van der Waals surface area contributed by atoms with Crippen LogP contribution in [-0.2, 0) is 14.3 Å². The van der Waals surface area contributed by atoms with Gasteiger partial charge in [0.15, 0.2) is 0 Å². The highest BCUT2D eigenvalue weighted by atomic mass is 16.5. The smallest absolute Gasteiger partial charge is 0.330 e. The molecule has 1 rings (SSSR count). The standard InChI is InChI=1S/C11H18O3/c1-10(2)7-8(6-9(12)13-5)11(3,4)14-10/h6H,7H2,1-5H3/b8-6-. The predicted molar refractivity (Wildman–Crippen MR) is 54.0 cm³/mol. The molecule has 0 aromatic carbocycles. The molecule has 0 aliphatic carbocycles. The Hall–Kier alpha value is -0.830. The first kappa shape index (κ1) is 11.2. The summed E-state index contributed by atoms with van der Waals surface area (Å²) in [6, 6.07) is 0. The van der Waals surface area contributed by atoms with Gasteiger partial charge in [-0.25, -0.2) is 4.79 Å².